The number of aromatic nitrogens is 7. The first kappa shape index (κ1) is 16.9. The van der Waals surface area contributed by atoms with Crippen LogP contribution in [0.3, 0.4) is 0 Å². The van der Waals surface area contributed by atoms with Gasteiger partial charge in [0.2, 0.25) is 0 Å². The number of hydrogen-bond donors (Lipinski definition) is 2. The molecule has 2 fully saturated rings. The highest BCUT2D eigenvalue weighted by molar-refractivity contribution is 5.78. The largest absolute Gasteiger partial charge is 0.375 e. The quantitative estimate of drug-likeness (QED) is 0.558. The molecule has 0 saturated carbocycles. The molecule has 2 aliphatic rings. The highest BCUT2D eigenvalue weighted by atomic mass is 16.5. The molecule has 2 saturated heterocycles. The number of ether oxygens (including phenoxy) is 1. The second-order valence-corrected chi connectivity index (χ2v) is 8.27. The SMILES string of the molecule is Cc1n[nH]c(C)c1-c1cc(C2CC3CCC(C2)O3)nc2c(-c3ccn[nH]3)cnn12. The molecular weight excluding hydrogens is 366 g/mol. The van der Waals surface area contributed by atoms with E-state index in [2.05, 4.69) is 38.5 Å². The standard InChI is InChI=1S/C21H23N7O/c1-11-20(12(2)26-25-11)19-9-18(13-7-14-3-4-15(8-13)29-14)24-21-16(10-23-28(19)21)17-5-6-22-27-17/h5-6,9-10,13-15H,3-4,7-8H2,1-2H3,(H,22,27)(H,25,26). The zero-order valence-electron chi connectivity index (χ0n) is 16.5. The molecule has 0 radical (unpaired) electrons. The first-order chi connectivity index (χ1) is 14.2. The fraction of sp³-hybridized carbons (Fsp3) is 0.429. The van der Waals surface area contributed by atoms with Crippen molar-refractivity contribution in [3.8, 4) is 22.5 Å². The van der Waals surface area contributed by atoms with E-state index >= 15 is 0 Å². The third-order valence-electron chi connectivity index (χ3n) is 6.38. The minimum absolute atomic E-state index is 0.370. The van der Waals surface area contributed by atoms with Crippen molar-refractivity contribution in [1.82, 2.24) is 35.0 Å². The van der Waals surface area contributed by atoms with Gasteiger partial charge in [0.1, 0.15) is 0 Å². The van der Waals surface area contributed by atoms with Gasteiger partial charge in [-0.1, -0.05) is 0 Å². The maximum atomic E-state index is 6.07. The number of fused-ring (bicyclic) bond motifs is 3. The molecule has 2 atom stereocenters. The molecule has 2 bridgehead atoms. The molecule has 6 rings (SSSR count). The van der Waals surface area contributed by atoms with Crippen LogP contribution in [0.4, 0.5) is 0 Å². The van der Waals surface area contributed by atoms with Gasteiger partial charge >= 0.3 is 0 Å². The second-order valence-electron chi connectivity index (χ2n) is 8.27. The summed E-state index contributed by atoms with van der Waals surface area (Å²) in [6.07, 6.45) is 8.77. The summed E-state index contributed by atoms with van der Waals surface area (Å²) in [5.74, 6) is 0.405. The van der Waals surface area contributed by atoms with Gasteiger partial charge in [-0.3, -0.25) is 10.2 Å². The van der Waals surface area contributed by atoms with Crippen LogP contribution in [0, 0.1) is 13.8 Å². The van der Waals surface area contributed by atoms with Crippen molar-refractivity contribution >= 4 is 5.65 Å². The molecule has 2 aliphatic heterocycles. The van der Waals surface area contributed by atoms with Crippen molar-refractivity contribution in [2.45, 2.75) is 57.7 Å². The van der Waals surface area contributed by atoms with Gasteiger partial charge in [-0.2, -0.15) is 15.3 Å². The normalized spacial score (nSPS) is 23.9. The van der Waals surface area contributed by atoms with Crippen LogP contribution in [0.1, 0.15) is 48.7 Å². The highest BCUT2D eigenvalue weighted by Gasteiger charge is 2.36. The Kier molecular flexibility index (Phi) is 3.64. The number of aromatic amines is 2. The summed E-state index contributed by atoms with van der Waals surface area (Å²) in [7, 11) is 0. The predicted molar refractivity (Wildman–Crippen MR) is 107 cm³/mol. The maximum Gasteiger partial charge on any atom is 0.165 e. The molecule has 0 aliphatic carbocycles. The summed E-state index contributed by atoms with van der Waals surface area (Å²) in [6.45, 7) is 4.08. The van der Waals surface area contributed by atoms with Crippen molar-refractivity contribution in [3.05, 3.63) is 41.6 Å². The van der Waals surface area contributed by atoms with E-state index in [0.717, 1.165) is 58.1 Å². The molecular formula is C21H23N7O. The van der Waals surface area contributed by atoms with Crippen molar-refractivity contribution in [2.24, 2.45) is 0 Å². The number of hydrogen-bond acceptors (Lipinski definition) is 5. The second kappa shape index (κ2) is 6.25. The number of H-pyrrole nitrogens is 2. The molecule has 8 heteroatoms. The smallest absolute Gasteiger partial charge is 0.165 e. The van der Waals surface area contributed by atoms with Crippen LogP contribution in [-0.4, -0.2) is 47.2 Å². The molecule has 2 unspecified atom stereocenters. The van der Waals surface area contributed by atoms with Crippen molar-refractivity contribution in [3.63, 3.8) is 0 Å². The van der Waals surface area contributed by atoms with Crippen LogP contribution in [-0.2, 0) is 4.74 Å². The summed E-state index contributed by atoms with van der Waals surface area (Å²) in [5, 5.41) is 19.4. The summed E-state index contributed by atoms with van der Waals surface area (Å²) < 4.78 is 8.00. The van der Waals surface area contributed by atoms with Crippen LogP contribution in [0.25, 0.3) is 28.2 Å². The average Bonchev–Trinajstić information content (AvgIpc) is 3.49. The van der Waals surface area contributed by atoms with Gasteiger partial charge in [-0.25, -0.2) is 9.50 Å². The number of nitrogens with one attached hydrogen (secondary N) is 2. The Hall–Kier alpha value is -3.00. The first-order valence-corrected chi connectivity index (χ1v) is 10.2. The van der Waals surface area contributed by atoms with E-state index in [4.69, 9.17) is 9.72 Å². The average molecular weight is 389 g/mol. The lowest BCUT2D eigenvalue weighted by Crippen LogP contribution is -2.24. The lowest BCUT2D eigenvalue weighted by Gasteiger charge is -2.28. The van der Waals surface area contributed by atoms with Gasteiger partial charge in [0.25, 0.3) is 0 Å². The van der Waals surface area contributed by atoms with Crippen LogP contribution in [0.2, 0.25) is 0 Å². The van der Waals surface area contributed by atoms with Gasteiger partial charge in [-0.15, -0.1) is 0 Å². The molecule has 148 valence electrons. The van der Waals surface area contributed by atoms with E-state index in [1.807, 2.05) is 23.7 Å². The molecule has 4 aromatic heterocycles. The van der Waals surface area contributed by atoms with E-state index in [9.17, 15) is 0 Å². The van der Waals surface area contributed by atoms with Crippen molar-refractivity contribution in [1.29, 1.82) is 0 Å². The zero-order valence-corrected chi connectivity index (χ0v) is 16.5. The van der Waals surface area contributed by atoms with Gasteiger partial charge in [0.15, 0.2) is 5.65 Å². The van der Waals surface area contributed by atoms with Crippen LogP contribution >= 0.6 is 0 Å². The van der Waals surface area contributed by atoms with Crippen LogP contribution < -0.4 is 0 Å². The predicted octanol–water partition coefficient (Wildman–Crippen LogP) is 3.55. The minimum Gasteiger partial charge on any atom is -0.375 e. The van der Waals surface area contributed by atoms with E-state index in [-0.39, 0.29) is 0 Å². The third-order valence-corrected chi connectivity index (χ3v) is 6.38. The molecule has 0 amide bonds. The molecule has 8 nitrogen and oxygen atoms in total. The zero-order chi connectivity index (χ0) is 19.5. The summed E-state index contributed by atoms with van der Waals surface area (Å²) in [4.78, 5) is 5.11. The summed E-state index contributed by atoms with van der Waals surface area (Å²) in [5.41, 5.74) is 7.96. The number of rotatable bonds is 3. The van der Waals surface area contributed by atoms with E-state index in [0.29, 0.717) is 18.1 Å². The van der Waals surface area contributed by atoms with Crippen LogP contribution in [0.15, 0.2) is 24.5 Å². The third kappa shape index (κ3) is 2.62. The summed E-state index contributed by atoms with van der Waals surface area (Å²) >= 11 is 0. The topological polar surface area (TPSA) is 96.8 Å². The highest BCUT2D eigenvalue weighted by Crippen LogP contribution is 2.42. The van der Waals surface area contributed by atoms with E-state index in [1.165, 1.54) is 12.8 Å². The van der Waals surface area contributed by atoms with Gasteiger partial charge in [0, 0.05) is 29.1 Å². The Bertz CT molecular complexity index is 1160. The van der Waals surface area contributed by atoms with Gasteiger partial charge in [0.05, 0.1) is 41.1 Å². The van der Waals surface area contributed by atoms with Crippen molar-refractivity contribution in [2.75, 3.05) is 0 Å². The summed E-state index contributed by atoms with van der Waals surface area (Å²) in [6, 6.07) is 4.16. The minimum atomic E-state index is 0.370. The fourth-order valence-corrected chi connectivity index (χ4v) is 4.99. The van der Waals surface area contributed by atoms with E-state index < -0.39 is 0 Å². The molecule has 4 aromatic rings. The lowest BCUT2D eigenvalue weighted by molar-refractivity contribution is -0.00438. The van der Waals surface area contributed by atoms with Gasteiger partial charge in [-0.05, 0) is 51.7 Å². The first-order valence-electron chi connectivity index (χ1n) is 10.2. The molecule has 0 aromatic carbocycles. The Balaban J connectivity index is 1.58. The molecule has 29 heavy (non-hydrogen) atoms. The molecule has 2 N–H and O–H groups in total. The van der Waals surface area contributed by atoms with Crippen LogP contribution in [0.5, 0.6) is 0 Å². The maximum absolute atomic E-state index is 6.07. The lowest BCUT2D eigenvalue weighted by atomic mass is 9.91. The monoisotopic (exact) mass is 389 g/mol. The number of aryl methyl sites for hydroxylation is 2. The Morgan fingerprint density at radius 3 is 2.66 bits per heavy atom. The molecule has 6 heterocycles. The fourth-order valence-electron chi connectivity index (χ4n) is 4.99. The molecule has 0 spiro atoms. The Morgan fingerprint density at radius 2 is 1.97 bits per heavy atom. The Labute approximate surface area is 167 Å². The van der Waals surface area contributed by atoms with Crippen molar-refractivity contribution < 1.29 is 4.74 Å². The van der Waals surface area contributed by atoms with Gasteiger partial charge < -0.3 is 4.74 Å². The number of nitrogens with zero attached hydrogens (tertiary/aromatic N) is 5. The Morgan fingerprint density at radius 1 is 1.14 bits per heavy atom. The van der Waals surface area contributed by atoms with E-state index in [1.54, 1.807) is 6.20 Å².